The van der Waals surface area contributed by atoms with Gasteiger partial charge in [-0.3, -0.25) is 9.59 Å². The van der Waals surface area contributed by atoms with Gasteiger partial charge in [0.2, 0.25) is 0 Å². The molecule has 3 atom stereocenters. The Balaban J connectivity index is 1.36. The number of rotatable bonds is 5. The second-order valence-electron chi connectivity index (χ2n) is 6.94. The zero-order valence-corrected chi connectivity index (χ0v) is 14.4. The molecule has 0 saturated heterocycles. The van der Waals surface area contributed by atoms with Crippen LogP contribution in [0.1, 0.15) is 28.8 Å². The average Bonchev–Trinajstić information content (AvgIpc) is 3.31. The summed E-state index contributed by atoms with van der Waals surface area (Å²) < 4.78 is 5.54. The van der Waals surface area contributed by atoms with Crippen LogP contribution >= 0.6 is 0 Å². The predicted molar refractivity (Wildman–Crippen MR) is 101 cm³/mol. The van der Waals surface area contributed by atoms with Gasteiger partial charge in [0.25, 0.3) is 0 Å². The van der Waals surface area contributed by atoms with Crippen molar-refractivity contribution in [3.05, 3.63) is 84.0 Å². The summed E-state index contributed by atoms with van der Waals surface area (Å²) in [5.74, 6) is 1.27. The third-order valence-electron chi connectivity index (χ3n) is 5.17. The Kier molecular flexibility index (Phi) is 4.53. The van der Waals surface area contributed by atoms with Crippen LogP contribution in [0.4, 0.5) is 0 Å². The van der Waals surface area contributed by atoms with Crippen LogP contribution in [0.3, 0.4) is 0 Å². The van der Waals surface area contributed by atoms with Gasteiger partial charge in [-0.2, -0.15) is 0 Å². The van der Waals surface area contributed by atoms with Crippen molar-refractivity contribution in [2.75, 3.05) is 0 Å². The predicted octanol–water partition coefficient (Wildman–Crippen LogP) is 4.70. The van der Waals surface area contributed by atoms with Gasteiger partial charge in [-0.15, -0.1) is 0 Å². The molecule has 1 saturated carbocycles. The van der Waals surface area contributed by atoms with E-state index in [0.29, 0.717) is 23.1 Å². The molecule has 130 valence electrons. The number of carbonyl (C=O) groups excluding carboxylic acids is 2. The van der Waals surface area contributed by atoms with Crippen molar-refractivity contribution in [2.24, 2.45) is 17.8 Å². The number of fused-ring (bicyclic) bond motifs is 2. The summed E-state index contributed by atoms with van der Waals surface area (Å²) in [6.07, 6.45) is 9.67. The van der Waals surface area contributed by atoms with Crippen LogP contribution in [-0.2, 0) is 4.79 Å². The highest BCUT2D eigenvalue weighted by molar-refractivity contribution is 6.06. The summed E-state index contributed by atoms with van der Waals surface area (Å²) in [5, 5.41) is 0. The van der Waals surface area contributed by atoms with Crippen LogP contribution in [-0.4, -0.2) is 11.8 Å². The maximum Gasteiger partial charge on any atom is 0.314 e. The quantitative estimate of drug-likeness (QED) is 0.260. The van der Waals surface area contributed by atoms with E-state index >= 15 is 0 Å². The maximum absolute atomic E-state index is 12.3. The molecule has 26 heavy (non-hydrogen) atoms. The molecule has 2 aliphatic carbocycles. The first-order chi connectivity index (χ1) is 12.7. The van der Waals surface area contributed by atoms with Crippen LogP contribution in [0.5, 0.6) is 5.75 Å². The first-order valence-electron chi connectivity index (χ1n) is 8.96. The molecule has 3 unspecified atom stereocenters. The third kappa shape index (κ3) is 3.52. The third-order valence-corrected chi connectivity index (χ3v) is 5.17. The van der Waals surface area contributed by atoms with Crippen molar-refractivity contribution < 1.29 is 14.3 Å². The highest BCUT2D eigenvalue weighted by Crippen LogP contribution is 2.43. The van der Waals surface area contributed by atoms with Gasteiger partial charge >= 0.3 is 5.97 Å². The molecule has 0 spiro atoms. The standard InChI is InChI=1S/C23H20O3/c24-22(18-4-2-1-3-5-18)13-9-16-7-11-20(12-8-16)26-23(25)21-15-17-6-10-19(21)14-17/h1-13,17,19,21H,14-15H2/b13-9+. The fraction of sp³-hybridized carbons (Fsp3) is 0.217. The molecule has 0 N–H and O–H groups in total. The van der Waals surface area contributed by atoms with Crippen LogP contribution in [0.25, 0.3) is 6.08 Å². The first-order valence-corrected chi connectivity index (χ1v) is 8.96. The van der Waals surface area contributed by atoms with Crippen molar-refractivity contribution in [1.82, 2.24) is 0 Å². The van der Waals surface area contributed by atoms with Gasteiger partial charge in [0.1, 0.15) is 5.75 Å². The highest BCUT2D eigenvalue weighted by Gasteiger charge is 2.40. The smallest absolute Gasteiger partial charge is 0.314 e. The second kappa shape index (κ2) is 7.12. The minimum absolute atomic E-state index is 0.00642. The number of ketones is 1. The molecule has 3 nitrogen and oxygen atoms in total. The SMILES string of the molecule is O=C(/C=C/c1ccc(OC(=O)C2CC3C=CC2C3)cc1)c1ccccc1. The molecular formula is C23H20O3. The van der Waals surface area contributed by atoms with E-state index < -0.39 is 0 Å². The minimum Gasteiger partial charge on any atom is -0.426 e. The number of allylic oxidation sites excluding steroid dienone is 3. The van der Waals surface area contributed by atoms with E-state index in [-0.39, 0.29) is 17.7 Å². The number of benzene rings is 2. The van der Waals surface area contributed by atoms with Crippen molar-refractivity contribution in [3.8, 4) is 5.75 Å². The number of ether oxygens (including phenoxy) is 1. The maximum atomic E-state index is 12.3. The first kappa shape index (κ1) is 16.5. The Morgan fingerprint density at radius 1 is 0.923 bits per heavy atom. The van der Waals surface area contributed by atoms with Gasteiger partial charge in [-0.25, -0.2) is 0 Å². The van der Waals surface area contributed by atoms with Crippen molar-refractivity contribution in [1.29, 1.82) is 0 Å². The largest absolute Gasteiger partial charge is 0.426 e. The Hall–Kier alpha value is -2.94. The van der Waals surface area contributed by atoms with Crippen molar-refractivity contribution in [2.45, 2.75) is 12.8 Å². The van der Waals surface area contributed by atoms with E-state index in [1.54, 1.807) is 36.4 Å². The summed E-state index contributed by atoms with van der Waals surface area (Å²) >= 11 is 0. The van der Waals surface area contributed by atoms with Gasteiger partial charge in [-0.05, 0) is 48.4 Å². The average molecular weight is 344 g/mol. The van der Waals surface area contributed by atoms with Gasteiger partial charge in [0.15, 0.2) is 5.78 Å². The summed E-state index contributed by atoms with van der Waals surface area (Å²) in [7, 11) is 0. The molecule has 0 aliphatic heterocycles. The Labute approximate surface area is 153 Å². The molecule has 1 fully saturated rings. The fourth-order valence-corrected chi connectivity index (χ4v) is 3.76. The number of hydrogen-bond acceptors (Lipinski definition) is 3. The Morgan fingerprint density at radius 3 is 2.35 bits per heavy atom. The number of hydrogen-bond donors (Lipinski definition) is 0. The van der Waals surface area contributed by atoms with E-state index in [4.69, 9.17) is 4.74 Å². The second-order valence-corrected chi connectivity index (χ2v) is 6.94. The van der Waals surface area contributed by atoms with Crippen LogP contribution in [0, 0.1) is 17.8 Å². The van der Waals surface area contributed by atoms with E-state index in [9.17, 15) is 9.59 Å². The molecule has 0 radical (unpaired) electrons. The molecule has 0 amide bonds. The van der Waals surface area contributed by atoms with Crippen molar-refractivity contribution >= 4 is 17.8 Å². The van der Waals surface area contributed by atoms with Crippen molar-refractivity contribution in [3.63, 3.8) is 0 Å². The van der Waals surface area contributed by atoms with Gasteiger partial charge in [0.05, 0.1) is 5.92 Å². The van der Waals surface area contributed by atoms with Crippen LogP contribution in [0.15, 0.2) is 72.8 Å². The molecule has 0 heterocycles. The van der Waals surface area contributed by atoms with Crippen LogP contribution < -0.4 is 4.74 Å². The minimum atomic E-state index is -0.135. The van der Waals surface area contributed by atoms with E-state index in [1.165, 1.54) is 0 Å². The lowest BCUT2D eigenvalue weighted by atomic mass is 9.94. The molecule has 4 rings (SSSR count). The summed E-state index contributed by atoms with van der Waals surface area (Å²) in [6, 6.07) is 16.4. The van der Waals surface area contributed by atoms with Crippen LogP contribution in [0.2, 0.25) is 0 Å². The molecule has 2 aliphatic rings. The highest BCUT2D eigenvalue weighted by atomic mass is 16.5. The Bertz CT molecular complexity index is 862. The summed E-state index contributed by atoms with van der Waals surface area (Å²) in [4.78, 5) is 24.4. The topological polar surface area (TPSA) is 43.4 Å². The zero-order chi connectivity index (χ0) is 17.9. The summed E-state index contributed by atoms with van der Waals surface area (Å²) in [5.41, 5.74) is 1.55. The Morgan fingerprint density at radius 2 is 1.69 bits per heavy atom. The number of esters is 1. The normalized spacial score (nSPS) is 23.5. The molecule has 2 aromatic rings. The van der Waals surface area contributed by atoms with E-state index in [2.05, 4.69) is 12.2 Å². The molecule has 3 heteroatoms. The molecule has 2 bridgehead atoms. The lowest BCUT2D eigenvalue weighted by Gasteiger charge is -2.16. The molecule has 0 aromatic heterocycles. The lowest BCUT2D eigenvalue weighted by molar-refractivity contribution is -0.139. The number of carbonyl (C=O) groups is 2. The van der Waals surface area contributed by atoms with E-state index in [0.717, 1.165) is 18.4 Å². The zero-order valence-electron chi connectivity index (χ0n) is 14.4. The van der Waals surface area contributed by atoms with Gasteiger partial charge < -0.3 is 4.74 Å². The van der Waals surface area contributed by atoms with Gasteiger partial charge in [0, 0.05) is 5.56 Å². The van der Waals surface area contributed by atoms with Gasteiger partial charge in [-0.1, -0.05) is 60.7 Å². The molecule has 2 aromatic carbocycles. The monoisotopic (exact) mass is 344 g/mol. The summed E-state index contributed by atoms with van der Waals surface area (Å²) in [6.45, 7) is 0. The molecular weight excluding hydrogens is 324 g/mol. The lowest BCUT2D eigenvalue weighted by Crippen LogP contribution is -2.23. The fourth-order valence-electron chi connectivity index (χ4n) is 3.76. The van der Waals surface area contributed by atoms with E-state index in [1.807, 2.05) is 30.3 Å².